The smallest absolute Gasteiger partial charge is 0.338 e. The van der Waals surface area contributed by atoms with Crippen molar-refractivity contribution in [3.05, 3.63) is 34.9 Å². The van der Waals surface area contributed by atoms with Crippen LogP contribution in [0.5, 0.6) is 0 Å². The zero-order valence-corrected chi connectivity index (χ0v) is 16.3. The number of hydrogen-bond acceptors (Lipinski definition) is 3. The Morgan fingerprint density at radius 1 is 0.880 bits per heavy atom. The summed E-state index contributed by atoms with van der Waals surface area (Å²) in [5.74, 6) is -0.351. The Bertz CT molecular complexity index is 548. The first-order valence-electron chi connectivity index (χ1n) is 9.61. The molecule has 0 N–H and O–H groups in total. The van der Waals surface area contributed by atoms with E-state index in [0.29, 0.717) is 17.7 Å². The first-order chi connectivity index (χ1) is 12.0. The second kappa shape index (κ2) is 11.7. The lowest BCUT2D eigenvalue weighted by Gasteiger charge is -2.22. The first-order valence-corrected chi connectivity index (χ1v) is 9.61. The van der Waals surface area contributed by atoms with E-state index in [1.54, 1.807) is 12.1 Å². The predicted molar refractivity (Wildman–Crippen MR) is 102 cm³/mol. The molecule has 0 aliphatic heterocycles. The number of benzene rings is 1. The molecule has 0 heterocycles. The van der Waals surface area contributed by atoms with E-state index in [9.17, 15) is 9.59 Å². The van der Waals surface area contributed by atoms with E-state index >= 15 is 0 Å². The molecule has 0 radical (unpaired) electrons. The predicted octanol–water partition coefficient (Wildman–Crippen LogP) is 4.99. The van der Waals surface area contributed by atoms with Crippen molar-refractivity contribution in [1.82, 2.24) is 4.90 Å². The summed E-state index contributed by atoms with van der Waals surface area (Å²) in [6.07, 6.45) is 6.12. The second-order valence-corrected chi connectivity index (χ2v) is 6.58. The lowest BCUT2D eigenvalue weighted by atomic mass is 10.1. The fraction of sp³-hybridized carbons (Fsp3) is 0.619. The maximum absolute atomic E-state index is 12.8. The highest BCUT2D eigenvalue weighted by atomic mass is 16.5. The van der Waals surface area contributed by atoms with Gasteiger partial charge in [0.25, 0.3) is 5.91 Å². The number of nitrogens with zero attached hydrogens (tertiary/aromatic N) is 1. The van der Waals surface area contributed by atoms with Crippen LogP contribution >= 0.6 is 0 Å². The number of carbonyl (C=O) groups excluding carboxylic acids is 2. The summed E-state index contributed by atoms with van der Waals surface area (Å²) in [7, 11) is 0. The standard InChI is InChI=1S/C21H33NO3/c1-5-8-9-10-13-25-21(24)19-15-17(4)14-18(16-19)20(23)22(11-6-2)12-7-3/h14-16H,5-13H2,1-4H3. The third-order valence-corrected chi connectivity index (χ3v) is 4.07. The van der Waals surface area contributed by atoms with Gasteiger partial charge in [0.05, 0.1) is 12.2 Å². The van der Waals surface area contributed by atoms with Crippen molar-refractivity contribution in [3.8, 4) is 0 Å². The molecule has 0 spiro atoms. The summed E-state index contributed by atoms with van der Waals surface area (Å²) in [4.78, 5) is 26.9. The molecule has 0 saturated carbocycles. The summed E-state index contributed by atoms with van der Waals surface area (Å²) in [5, 5.41) is 0. The molecule has 4 nitrogen and oxygen atoms in total. The zero-order valence-electron chi connectivity index (χ0n) is 16.3. The number of rotatable bonds is 11. The molecule has 1 aromatic rings. The highest BCUT2D eigenvalue weighted by Gasteiger charge is 2.17. The van der Waals surface area contributed by atoms with Crippen LogP contribution in [0.3, 0.4) is 0 Å². The monoisotopic (exact) mass is 347 g/mol. The van der Waals surface area contributed by atoms with E-state index in [2.05, 4.69) is 20.8 Å². The van der Waals surface area contributed by atoms with E-state index in [4.69, 9.17) is 4.74 Å². The molecule has 25 heavy (non-hydrogen) atoms. The Kier molecular flexibility index (Phi) is 9.90. The fourth-order valence-electron chi connectivity index (χ4n) is 2.84. The number of carbonyl (C=O) groups is 2. The summed E-state index contributed by atoms with van der Waals surface area (Å²) in [6, 6.07) is 5.30. The van der Waals surface area contributed by atoms with Crippen molar-refractivity contribution in [3.63, 3.8) is 0 Å². The van der Waals surface area contributed by atoms with Gasteiger partial charge in [-0.1, -0.05) is 40.0 Å². The summed E-state index contributed by atoms with van der Waals surface area (Å²) < 4.78 is 5.36. The third-order valence-electron chi connectivity index (χ3n) is 4.07. The molecule has 0 bridgehead atoms. The average Bonchev–Trinajstić information content (AvgIpc) is 2.60. The molecule has 0 unspecified atom stereocenters. The van der Waals surface area contributed by atoms with Gasteiger partial charge >= 0.3 is 5.97 Å². The van der Waals surface area contributed by atoms with Crippen molar-refractivity contribution in [2.24, 2.45) is 0 Å². The minimum atomic E-state index is -0.341. The number of hydrogen-bond donors (Lipinski definition) is 0. The van der Waals surface area contributed by atoms with Gasteiger partial charge in [-0.25, -0.2) is 4.79 Å². The van der Waals surface area contributed by atoms with Crippen LogP contribution in [0.4, 0.5) is 0 Å². The van der Waals surface area contributed by atoms with Gasteiger partial charge in [0.2, 0.25) is 0 Å². The van der Waals surface area contributed by atoms with Crippen molar-refractivity contribution in [2.45, 2.75) is 66.2 Å². The summed E-state index contributed by atoms with van der Waals surface area (Å²) in [6.45, 7) is 10.1. The Hall–Kier alpha value is -1.84. The van der Waals surface area contributed by atoms with Crippen LogP contribution in [0.15, 0.2) is 18.2 Å². The number of amides is 1. The van der Waals surface area contributed by atoms with E-state index in [1.807, 2.05) is 17.9 Å². The molecule has 0 aliphatic rings. The van der Waals surface area contributed by atoms with Crippen LogP contribution in [0.1, 0.15) is 85.6 Å². The van der Waals surface area contributed by atoms with Crippen LogP contribution in [0.2, 0.25) is 0 Å². The van der Waals surface area contributed by atoms with Gasteiger partial charge in [-0.2, -0.15) is 0 Å². The quantitative estimate of drug-likeness (QED) is 0.418. The summed E-state index contributed by atoms with van der Waals surface area (Å²) in [5.41, 5.74) is 1.93. The molecule has 0 saturated heterocycles. The number of aryl methyl sites for hydroxylation is 1. The lowest BCUT2D eigenvalue weighted by molar-refractivity contribution is 0.0497. The van der Waals surface area contributed by atoms with Crippen LogP contribution < -0.4 is 0 Å². The molecule has 140 valence electrons. The molecule has 1 aromatic carbocycles. The largest absolute Gasteiger partial charge is 0.462 e. The lowest BCUT2D eigenvalue weighted by Crippen LogP contribution is -2.32. The number of esters is 1. The normalized spacial score (nSPS) is 10.6. The van der Waals surface area contributed by atoms with E-state index in [1.165, 1.54) is 0 Å². The summed E-state index contributed by atoms with van der Waals surface area (Å²) >= 11 is 0. The number of ether oxygens (including phenoxy) is 1. The van der Waals surface area contributed by atoms with Gasteiger partial charge in [0.1, 0.15) is 0 Å². The van der Waals surface area contributed by atoms with Crippen molar-refractivity contribution in [1.29, 1.82) is 0 Å². The van der Waals surface area contributed by atoms with Gasteiger partial charge in [-0.3, -0.25) is 4.79 Å². The molecule has 1 rings (SSSR count). The van der Waals surface area contributed by atoms with Crippen LogP contribution in [0, 0.1) is 6.92 Å². The highest BCUT2D eigenvalue weighted by Crippen LogP contribution is 2.14. The van der Waals surface area contributed by atoms with Gasteiger partial charge in [0, 0.05) is 18.7 Å². The molecule has 0 aromatic heterocycles. The van der Waals surface area contributed by atoms with Gasteiger partial charge in [-0.15, -0.1) is 0 Å². The Morgan fingerprint density at radius 3 is 2.12 bits per heavy atom. The highest BCUT2D eigenvalue weighted by molar-refractivity contribution is 5.98. The Labute approximate surface area is 152 Å². The minimum Gasteiger partial charge on any atom is -0.462 e. The van der Waals surface area contributed by atoms with Crippen LogP contribution in [0.25, 0.3) is 0 Å². The van der Waals surface area contributed by atoms with Crippen LogP contribution in [-0.2, 0) is 4.74 Å². The maximum Gasteiger partial charge on any atom is 0.338 e. The second-order valence-electron chi connectivity index (χ2n) is 6.58. The molecular weight excluding hydrogens is 314 g/mol. The van der Waals surface area contributed by atoms with E-state index in [0.717, 1.165) is 57.2 Å². The minimum absolute atomic E-state index is 0.00982. The Morgan fingerprint density at radius 2 is 1.52 bits per heavy atom. The zero-order chi connectivity index (χ0) is 18.7. The van der Waals surface area contributed by atoms with E-state index < -0.39 is 0 Å². The first kappa shape index (κ1) is 21.2. The molecule has 0 aliphatic carbocycles. The average molecular weight is 347 g/mol. The van der Waals surface area contributed by atoms with Gasteiger partial charge < -0.3 is 9.64 Å². The topological polar surface area (TPSA) is 46.6 Å². The van der Waals surface area contributed by atoms with Crippen molar-refractivity contribution in [2.75, 3.05) is 19.7 Å². The van der Waals surface area contributed by atoms with Crippen LogP contribution in [-0.4, -0.2) is 36.5 Å². The molecule has 1 amide bonds. The van der Waals surface area contributed by atoms with E-state index in [-0.39, 0.29) is 11.9 Å². The maximum atomic E-state index is 12.8. The fourth-order valence-corrected chi connectivity index (χ4v) is 2.84. The van der Waals surface area contributed by atoms with Crippen molar-refractivity contribution >= 4 is 11.9 Å². The molecule has 4 heteroatoms. The Balaban J connectivity index is 2.80. The molecule has 0 atom stereocenters. The van der Waals surface area contributed by atoms with Gasteiger partial charge in [0.15, 0.2) is 0 Å². The SMILES string of the molecule is CCCCCCOC(=O)c1cc(C)cc(C(=O)N(CCC)CCC)c1. The molecule has 0 fully saturated rings. The van der Waals surface area contributed by atoms with Crippen molar-refractivity contribution < 1.29 is 14.3 Å². The van der Waals surface area contributed by atoms with Gasteiger partial charge in [-0.05, 0) is 49.9 Å². The molecular formula is C21H33NO3. The number of unbranched alkanes of at least 4 members (excludes halogenated alkanes) is 3. The third kappa shape index (κ3) is 7.29.